The number of urea groups is 1. The third kappa shape index (κ3) is 3.77. The Morgan fingerprint density at radius 2 is 1.77 bits per heavy atom. The molecule has 1 aliphatic rings. The van der Waals surface area contributed by atoms with Gasteiger partial charge in [0.15, 0.2) is 0 Å². The van der Waals surface area contributed by atoms with Gasteiger partial charge in [0.25, 0.3) is 17.5 Å². The molecular weight excluding hydrogens is 403 g/mol. The van der Waals surface area contributed by atoms with Crippen LogP contribution >= 0.6 is 0 Å². The molecule has 2 heterocycles. The van der Waals surface area contributed by atoms with E-state index in [0.717, 1.165) is 5.56 Å². The van der Waals surface area contributed by atoms with Gasteiger partial charge < -0.3 is 9.73 Å². The maximum absolute atomic E-state index is 13.9. The van der Waals surface area contributed by atoms with Gasteiger partial charge in [-0.05, 0) is 35.2 Å². The molecule has 1 atom stereocenters. The molecule has 0 bridgehead atoms. The molecule has 7 nitrogen and oxygen atoms in total. The van der Waals surface area contributed by atoms with Gasteiger partial charge in [0.1, 0.15) is 5.76 Å². The van der Waals surface area contributed by atoms with Crippen molar-refractivity contribution in [1.82, 2.24) is 15.5 Å². The van der Waals surface area contributed by atoms with E-state index in [9.17, 15) is 27.6 Å². The van der Waals surface area contributed by atoms with Gasteiger partial charge in [-0.15, -0.1) is 0 Å². The van der Waals surface area contributed by atoms with E-state index >= 15 is 0 Å². The van der Waals surface area contributed by atoms with Crippen molar-refractivity contribution in [2.45, 2.75) is 44.6 Å². The van der Waals surface area contributed by atoms with E-state index in [1.54, 1.807) is 22.8 Å². The van der Waals surface area contributed by atoms with Gasteiger partial charge in [-0.25, -0.2) is 4.79 Å². The van der Waals surface area contributed by atoms with Crippen molar-refractivity contribution >= 4 is 17.8 Å². The predicted octanol–water partition coefficient (Wildman–Crippen LogP) is 3.32. The van der Waals surface area contributed by atoms with Crippen molar-refractivity contribution in [3.8, 4) is 0 Å². The molecule has 3 rings (SSSR count). The van der Waals surface area contributed by atoms with Crippen LogP contribution in [-0.4, -0.2) is 34.6 Å². The van der Waals surface area contributed by atoms with Crippen molar-refractivity contribution in [1.29, 1.82) is 0 Å². The zero-order valence-electron chi connectivity index (χ0n) is 16.5. The third-order valence-corrected chi connectivity index (χ3v) is 4.74. The molecule has 2 N–H and O–H groups in total. The second kappa shape index (κ2) is 7.19. The van der Waals surface area contributed by atoms with E-state index in [2.05, 4.69) is 0 Å². The summed E-state index contributed by atoms with van der Waals surface area (Å²) in [6.07, 6.45) is -4.02. The third-order valence-electron chi connectivity index (χ3n) is 4.74. The summed E-state index contributed by atoms with van der Waals surface area (Å²) in [4.78, 5) is 37.7. The maximum Gasteiger partial charge on any atom is 0.440 e. The summed E-state index contributed by atoms with van der Waals surface area (Å²) in [6.45, 7) is 5.33. The lowest BCUT2D eigenvalue weighted by molar-refractivity contribution is -0.200. The topological polar surface area (TPSA) is 91.7 Å². The molecule has 0 radical (unpaired) electrons. The molecule has 0 saturated carbocycles. The molecule has 30 heavy (non-hydrogen) atoms. The SMILES string of the molecule is CC(C)(C)c1ccc(C(=O)NC2(C(F)(F)F)NC(=O)N(Cc3ccco3)C2=O)cc1. The normalized spacial score (nSPS) is 19.7. The summed E-state index contributed by atoms with van der Waals surface area (Å²) in [5.41, 5.74) is -3.00. The van der Waals surface area contributed by atoms with E-state index in [1.807, 2.05) is 20.8 Å². The van der Waals surface area contributed by atoms with Crippen molar-refractivity contribution in [2.24, 2.45) is 0 Å². The fraction of sp³-hybridized carbons (Fsp3) is 0.350. The summed E-state index contributed by atoms with van der Waals surface area (Å²) in [7, 11) is 0. The lowest BCUT2D eigenvalue weighted by Crippen LogP contribution is -2.69. The van der Waals surface area contributed by atoms with Gasteiger partial charge in [-0.3, -0.25) is 19.8 Å². The predicted molar refractivity (Wildman–Crippen MR) is 99.2 cm³/mol. The van der Waals surface area contributed by atoms with Crippen LogP contribution in [0.3, 0.4) is 0 Å². The van der Waals surface area contributed by atoms with Gasteiger partial charge in [-0.1, -0.05) is 32.9 Å². The monoisotopic (exact) mass is 423 g/mol. The minimum absolute atomic E-state index is 0.0850. The first kappa shape index (κ1) is 21.4. The molecule has 1 aromatic heterocycles. The number of benzene rings is 1. The summed E-state index contributed by atoms with van der Waals surface area (Å²) in [5.74, 6) is -2.68. The Labute approximate surface area is 170 Å². The van der Waals surface area contributed by atoms with Gasteiger partial charge in [0.2, 0.25) is 0 Å². The van der Waals surface area contributed by atoms with Gasteiger partial charge in [0, 0.05) is 5.56 Å². The Morgan fingerprint density at radius 1 is 1.13 bits per heavy atom. The van der Waals surface area contributed by atoms with Crippen LogP contribution in [0, 0.1) is 0 Å². The number of nitrogens with zero attached hydrogens (tertiary/aromatic N) is 1. The Kier molecular flexibility index (Phi) is 5.13. The Bertz CT molecular complexity index is 963. The van der Waals surface area contributed by atoms with Gasteiger partial charge in [-0.2, -0.15) is 13.2 Å². The molecule has 1 saturated heterocycles. The van der Waals surface area contributed by atoms with E-state index in [4.69, 9.17) is 4.42 Å². The lowest BCUT2D eigenvalue weighted by atomic mass is 9.86. The van der Waals surface area contributed by atoms with Gasteiger partial charge >= 0.3 is 12.2 Å². The van der Waals surface area contributed by atoms with E-state index in [1.165, 1.54) is 30.5 Å². The first-order valence-electron chi connectivity index (χ1n) is 9.01. The van der Waals surface area contributed by atoms with Crippen LogP contribution in [-0.2, 0) is 16.8 Å². The number of amides is 4. The largest absolute Gasteiger partial charge is 0.467 e. The van der Waals surface area contributed by atoms with Crippen molar-refractivity contribution in [3.63, 3.8) is 0 Å². The first-order chi connectivity index (χ1) is 13.8. The average molecular weight is 423 g/mol. The highest BCUT2D eigenvalue weighted by molar-refractivity contribution is 6.10. The summed E-state index contributed by atoms with van der Waals surface area (Å²) in [5, 5.41) is 3.27. The summed E-state index contributed by atoms with van der Waals surface area (Å²) >= 11 is 0. The van der Waals surface area contributed by atoms with Crippen LogP contribution in [0.15, 0.2) is 47.1 Å². The van der Waals surface area contributed by atoms with Crippen LogP contribution in [0.1, 0.15) is 42.5 Å². The molecular formula is C20H20F3N3O4. The zero-order chi connectivity index (χ0) is 22.3. The number of hydrogen-bond acceptors (Lipinski definition) is 4. The number of alkyl halides is 3. The fourth-order valence-corrected chi connectivity index (χ4v) is 2.99. The second-order valence-electron chi connectivity index (χ2n) is 7.93. The van der Waals surface area contributed by atoms with Crippen LogP contribution in [0.5, 0.6) is 0 Å². The standard InChI is InChI=1S/C20H20F3N3O4/c1-18(2,3)13-8-6-12(7-9-13)15(27)24-19(20(21,22)23)16(28)26(17(29)25-19)11-14-5-4-10-30-14/h4-10H,11H2,1-3H3,(H,24,27)(H,25,29). The second-order valence-corrected chi connectivity index (χ2v) is 7.93. The maximum atomic E-state index is 13.9. The fourth-order valence-electron chi connectivity index (χ4n) is 2.99. The van der Waals surface area contributed by atoms with Crippen LogP contribution < -0.4 is 10.6 Å². The molecule has 0 aliphatic carbocycles. The van der Waals surface area contributed by atoms with Crippen LogP contribution in [0.25, 0.3) is 0 Å². The smallest absolute Gasteiger partial charge is 0.440 e. The minimum atomic E-state index is -5.28. The first-order valence-corrected chi connectivity index (χ1v) is 9.01. The molecule has 160 valence electrons. The van der Waals surface area contributed by atoms with E-state index in [0.29, 0.717) is 4.90 Å². The van der Waals surface area contributed by atoms with Crippen molar-refractivity contribution in [3.05, 3.63) is 59.5 Å². The minimum Gasteiger partial charge on any atom is -0.467 e. The highest BCUT2D eigenvalue weighted by Gasteiger charge is 2.68. The van der Waals surface area contributed by atoms with Crippen LogP contribution in [0.2, 0.25) is 0 Å². The average Bonchev–Trinajstić information content (AvgIpc) is 3.24. The number of imide groups is 1. The molecule has 0 spiro atoms. The number of carbonyl (C=O) groups excluding carboxylic acids is 3. The molecule has 1 aromatic carbocycles. The number of carbonyl (C=O) groups is 3. The quantitative estimate of drug-likeness (QED) is 0.738. The molecule has 4 amide bonds. The van der Waals surface area contributed by atoms with Crippen molar-refractivity contribution in [2.75, 3.05) is 0 Å². The highest BCUT2D eigenvalue weighted by atomic mass is 19.4. The Balaban J connectivity index is 1.88. The Morgan fingerprint density at radius 3 is 2.27 bits per heavy atom. The number of hydrogen-bond donors (Lipinski definition) is 2. The Hall–Kier alpha value is -3.30. The van der Waals surface area contributed by atoms with Crippen molar-refractivity contribution < 1.29 is 32.0 Å². The zero-order valence-corrected chi connectivity index (χ0v) is 16.5. The highest BCUT2D eigenvalue weighted by Crippen LogP contribution is 2.34. The molecule has 1 unspecified atom stereocenters. The van der Waals surface area contributed by atoms with E-state index in [-0.39, 0.29) is 16.7 Å². The summed E-state index contributed by atoms with van der Waals surface area (Å²) < 4.78 is 46.7. The lowest BCUT2D eigenvalue weighted by Gasteiger charge is -2.30. The number of halogens is 3. The molecule has 1 fully saturated rings. The molecule has 1 aliphatic heterocycles. The number of rotatable bonds is 4. The number of nitrogens with one attached hydrogen (secondary N) is 2. The van der Waals surface area contributed by atoms with E-state index < -0.39 is 36.2 Å². The van der Waals surface area contributed by atoms with Crippen LogP contribution in [0.4, 0.5) is 18.0 Å². The molecule has 2 aromatic rings. The number of furan rings is 1. The molecule has 10 heteroatoms. The van der Waals surface area contributed by atoms with Gasteiger partial charge in [0.05, 0.1) is 12.8 Å². The summed E-state index contributed by atoms with van der Waals surface area (Å²) in [6, 6.07) is 7.54.